The first-order valence-electron chi connectivity index (χ1n) is 6.22. The van der Waals surface area contributed by atoms with Crippen molar-refractivity contribution in [1.29, 1.82) is 0 Å². The van der Waals surface area contributed by atoms with Crippen molar-refractivity contribution in [3.63, 3.8) is 0 Å². The summed E-state index contributed by atoms with van der Waals surface area (Å²) in [5.74, 6) is 0. The topological polar surface area (TPSA) is 32.3 Å². The molecule has 1 heterocycles. The van der Waals surface area contributed by atoms with Crippen molar-refractivity contribution in [3.8, 4) is 0 Å². The first-order valence-corrected chi connectivity index (χ1v) is 7.10. The number of amides is 2. The summed E-state index contributed by atoms with van der Waals surface area (Å²) >= 11 is 1.69. The Morgan fingerprint density at radius 1 is 1.26 bits per heavy atom. The van der Waals surface area contributed by atoms with Gasteiger partial charge in [-0.3, -0.25) is 0 Å². The number of hydrogen-bond donors (Lipinski definition) is 1. The number of carbonyl (C=O) groups excluding carboxylic acids is 1. The highest BCUT2D eigenvalue weighted by atomic mass is 32.1. The summed E-state index contributed by atoms with van der Waals surface area (Å²) in [6, 6.07) is 12.0. The van der Waals surface area contributed by atoms with E-state index in [-0.39, 0.29) is 6.03 Å². The minimum atomic E-state index is -0.0448. The van der Waals surface area contributed by atoms with E-state index in [0.29, 0.717) is 13.1 Å². The van der Waals surface area contributed by atoms with Gasteiger partial charge in [-0.05, 0) is 29.5 Å². The van der Waals surface area contributed by atoms with Crippen molar-refractivity contribution in [2.45, 2.75) is 20.0 Å². The van der Waals surface area contributed by atoms with E-state index in [2.05, 4.69) is 23.7 Å². The zero-order valence-electron chi connectivity index (χ0n) is 11.2. The molecule has 100 valence electrons. The molecule has 0 unspecified atom stereocenters. The Morgan fingerprint density at radius 2 is 2.00 bits per heavy atom. The summed E-state index contributed by atoms with van der Waals surface area (Å²) < 4.78 is 0. The van der Waals surface area contributed by atoms with Gasteiger partial charge in [0.15, 0.2) is 0 Å². The Balaban J connectivity index is 1.84. The third-order valence-electron chi connectivity index (χ3n) is 2.98. The number of rotatable bonds is 4. The van der Waals surface area contributed by atoms with Crippen LogP contribution in [0.25, 0.3) is 0 Å². The minimum absolute atomic E-state index is 0.0448. The van der Waals surface area contributed by atoms with Gasteiger partial charge in [0, 0.05) is 18.5 Å². The third-order valence-corrected chi connectivity index (χ3v) is 3.99. The van der Waals surface area contributed by atoms with Crippen molar-refractivity contribution in [1.82, 2.24) is 10.2 Å². The SMILES string of the molecule is Cc1ccsc1CN(C)C(=O)NCc1ccccc1. The quantitative estimate of drug-likeness (QED) is 0.910. The van der Waals surface area contributed by atoms with Gasteiger partial charge in [0.2, 0.25) is 0 Å². The normalized spacial score (nSPS) is 10.2. The second kappa shape index (κ2) is 6.38. The molecule has 0 spiro atoms. The molecule has 0 aliphatic rings. The number of urea groups is 1. The molecule has 0 bridgehead atoms. The van der Waals surface area contributed by atoms with Crippen LogP contribution in [-0.2, 0) is 13.1 Å². The smallest absolute Gasteiger partial charge is 0.317 e. The Morgan fingerprint density at radius 3 is 2.63 bits per heavy atom. The molecular formula is C15H18N2OS. The van der Waals surface area contributed by atoms with Gasteiger partial charge in [0.05, 0.1) is 6.54 Å². The van der Waals surface area contributed by atoms with Crippen molar-refractivity contribution in [2.75, 3.05) is 7.05 Å². The van der Waals surface area contributed by atoms with Crippen LogP contribution in [0.3, 0.4) is 0 Å². The second-order valence-corrected chi connectivity index (χ2v) is 5.53. The summed E-state index contributed by atoms with van der Waals surface area (Å²) in [7, 11) is 1.82. The van der Waals surface area contributed by atoms with Crippen LogP contribution in [0, 0.1) is 6.92 Å². The lowest BCUT2D eigenvalue weighted by Crippen LogP contribution is -2.36. The Kier molecular flexibility index (Phi) is 4.58. The average molecular weight is 274 g/mol. The number of hydrogen-bond acceptors (Lipinski definition) is 2. The molecule has 19 heavy (non-hydrogen) atoms. The fraction of sp³-hybridized carbons (Fsp3) is 0.267. The first kappa shape index (κ1) is 13.6. The van der Waals surface area contributed by atoms with Crippen molar-refractivity contribution < 1.29 is 4.79 Å². The Hall–Kier alpha value is -1.81. The van der Waals surface area contributed by atoms with E-state index >= 15 is 0 Å². The second-order valence-electron chi connectivity index (χ2n) is 4.53. The molecule has 2 aromatic rings. The Bertz CT molecular complexity index is 536. The molecule has 0 aliphatic carbocycles. The lowest BCUT2D eigenvalue weighted by Gasteiger charge is -2.17. The van der Waals surface area contributed by atoms with Crippen molar-refractivity contribution >= 4 is 17.4 Å². The van der Waals surface area contributed by atoms with Gasteiger partial charge in [-0.15, -0.1) is 11.3 Å². The summed E-state index contributed by atoms with van der Waals surface area (Å²) in [6.45, 7) is 3.29. The van der Waals surface area contributed by atoms with E-state index in [0.717, 1.165) is 5.56 Å². The lowest BCUT2D eigenvalue weighted by atomic mass is 10.2. The number of benzene rings is 1. The number of nitrogens with zero attached hydrogens (tertiary/aromatic N) is 1. The molecule has 0 saturated heterocycles. The first-order chi connectivity index (χ1) is 9.16. The van der Waals surface area contributed by atoms with Gasteiger partial charge in [-0.2, -0.15) is 0 Å². The molecular weight excluding hydrogens is 256 g/mol. The number of nitrogens with one attached hydrogen (secondary N) is 1. The van der Waals surface area contributed by atoms with Crippen LogP contribution in [0.4, 0.5) is 4.79 Å². The van der Waals surface area contributed by atoms with E-state index in [1.165, 1.54) is 10.4 Å². The van der Waals surface area contributed by atoms with Crippen LogP contribution in [0.2, 0.25) is 0 Å². The van der Waals surface area contributed by atoms with Crippen molar-refractivity contribution in [2.24, 2.45) is 0 Å². The molecule has 4 heteroatoms. The van der Waals surface area contributed by atoms with E-state index < -0.39 is 0 Å². The molecule has 0 atom stereocenters. The van der Waals surface area contributed by atoms with Crippen LogP contribution in [0.5, 0.6) is 0 Å². The third kappa shape index (κ3) is 3.83. The molecule has 0 radical (unpaired) electrons. The number of thiophene rings is 1. The predicted octanol–water partition coefficient (Wildman–Crippen LogP) is 3.40. The van der Waals surface area contributed by atoms with Gasteiger partial charge < -0.3 is 10.2 Å². The highest BCUT2D eigenvalue weighted by molar-refractivity contribution is 7.10. The van der Waals surface area contributed by atoms with Crippen molar-refractivity contribution in [3.05, 3.63) is 57.8 Å². The van der Waals surface area contributed by atoms with Gasteiger partial charge >= 0.3 is 6.03 Å². The maximum atomic E-state index is 12.0. The molecule has 1 aromatic carbocycles. The van der Waals surface area contributed by atoms with E-state index in [1.807, 2.05) is 37.4 Å². The standard InChI is InChI=1S/C15H18N2OS/c1-12-8-9-19-14(12)11-17(2)15(18)16-10-13-6-4-3-5-7-13/h3-9H,10-11H2,1-2H3,(H,16,18). The molecule has 1 N–H and O–H groups in total. The molecule has 2 rings (SSSR count). The molecule has 0 saturated carbocycles. The highest BCUT2D eigenvalue weighted by Crippen LogP contribution is 2.17. The fourth-order valence-electron chi connectivity index (χ4n) is 1.76. The van der Waals surface area contributed by atoms with Crippen LogP contribution in [0.15, 0.2) is 41.8 Å². The van der Waals surface area contributed by atoms with Crippen LogP contribution in [0.1, 0.15) is 16.0 Å². The Labute approximate surface area is 117 Å². The maximum absolute atomic E-state index is 12.0. The van der Waals surface area contributed by atoms with Gasteiger partial charge in [-0.1, -0.05) is 30.3 Å². The van der Waals surface area contributed by atoms with E-state index in [9.17, 15) is 4.79 Å². The molecule has 1 aromatic heterocycles. The lowest BCUT2D eigenvalue weighted by molar-refractivity contribution is 0.207. The van der Waals surface area contributed by atoms with Gasteiger partial charge in [-0.25, -0.2) is 4.79 Å². The molecule has 2 amide bonds. The summed E-state index contributed by atoms with van der Waals surface area (Å²) in [5.41, 5.74) is 2.35. The predicted molar refractivity (Wildman–Crippen MR) is 79.2 cm³/mol. The average Bonchev–Trinajstić information content (AvgIpc) is 2.82. The van der Waals surface area contributed by atoms with Crippen LogP contribution < -0.4 is 5.32 Å². The van der Waals surface area contributed by atoms with Crippen LogP contribution in [-0.4, -0.2) is 18.0 Å². The summed E-state index contributed by atoms with van der Waals surface area (Å²) in [6.07, 6.45) is 0. The fourth-order valence-corrected chi connectivity index (χ4v) is 2.72. The molecule has 0 fully saturated rings. The highest BCUT2D eigenvalue weighted by Gasteiger charge is 2.10. The van der Waals surface area contributed by atoms with Gasteiger partial charge in [0.25, 0.3) is 0 Å². The number of aryl methyl sites for hydroxylation is 1. The summed E-state index contributed by atoms with van der Waals surface area (Å²) in [5, 5.41) is 4.98. The minimum Gasteiger partial charge on any atom is -0.334 e. The van der Waals surface area contributed by atoms with E-state index in [1.54, 1.807) is 16.2 Å². The summed E-state index contributed by atoms with van der Waals surface area (Å²) in [4.78, 5) is 14.9. The zero-order chi connectivity index (χ0) is 13.7. The monoisotopic (exact) mass is 274 g/mol. The van der Waals surface area contributed by atoms with E-state index in [4.69, 9.17) is 0 Å². The van der Waals surface area contributed by atoms with Crippen LogP contribution >= 0.6 is 11.3 Å². The van der Waals surface area contributed by atoms with Gasteiger partial charge in [0.1, 0.15) is 0 Å². The zero-order valence-corrected chi connectivity index (χ0v) is 12.0. The molecule has 3 nitrogen and oxygen atoms in total. The number of carbonyl (C=O) groups is 1. The molecule has 0 aliphatic heterocycles. The maximum Gasteiger partial charge on any atom is 0.317 e. The largest absolute Gasteiger partial charge is 0.334 e.